The Morgan fingerprint density at radius 2 is 2.10 bits per heavy atom. The summed E-state index contributed by atoms with van der Waals surface area (Å²) in [5, 5.41) is 13.0. The number of nitrogens with zero attached hydrogens (tertiary/aromatic N) is 2. The number of hydrogen-bond acceptors (Lipinski definition) is 3. The van der Waals surface area contributed by atoms with Crippen molar-refractivity contribution in [2.75, 3.05) is 20.2 Å². The normalized spacial score (nSPS) is 25.2. The van der Waals surface area contributed by atoms with Crippen molar-refractivity contribution in [3.05, 3.63) is 35.0 Å². The molecule has 1 aromatic heterocycles. The fourth-order valence-corrected chi connectivity index (χ4v) is 5.41. The Morgan fingerprint density at radius 3 is 2.73 bits per heavy atom. The molecule has 0 spiro atoms. The Balaban J connectivity index is 1.73. The molecule has 30 heavy (non-hydrogen) atoms. The smallest absolute Gasteiger partial charge is 0.394 e. The topological polar surface area (TPSA) is 57.5 Å². The Morgan fingerprint density at radius 1 is 1.37 bits per heavy atom. The zero-order chi connectivity index (χ0) is 21.8. The molecule has 1 fully saturated rings. The van der Waals surface area contributed by atoms with Crippen LogP contribution >= 0.6 is 0 Å². The lowest BCUT2D eigenvalue weighted by Gasteiger charge is -2.45. The number of piperidine rings is 1. The predicted octanol–water partition coefficient (Wildman–Crippen LogP) is 3.27. The van der Waals surface area contributed by atoms with Gasteiger partial charge in [0, 0.05) is 29.6 Å². The van der Waals surface area contributed by atoms with Crippen LogP contribution in [0, 0.1) is 12.8 Å². The lowest BCUT2D eigenvalue weighted by molar-refractivity contribution is -0.201. The Bertz CT molecular complexity index is 965. The summed E-state index contributed by atoms with van der Waals surface area (Å²) in [6.45, 7) is 3.90. The Hall–Kier alpha value is -2.06. The molecule has 1 amide bonds. The van der Waals surface area contributed by atoms with Crippen molar-refractivity contribution in [1.29, 1.82) is 0 Å². The average molecular weight is 423 g/mol. The second-order valence-electron chi connectivity index (χ2n) is 8.66. The van der Waals surface area contributed by atoms with Crippen LogP contribution in [0.5, 0.6) is 0 Å². The average Bonchev–Trinajstić information content (AvgIpc) is 2.99. The number of carbonyl (C=O) groups is 1. The Kier molecular flexibility index (Phi) is 5.34. The first-order valence-electron chi connectivity index (χ1n) is 10.5. The third kappa shape index (κ3) is 3.30. The van der Waals surface area contributed by atoms with Gasteiger partial charge in [0.15, 0.2) is 0 Å². The third-order valence-corrected chi connectivity index (χ3v) is 6.96. The zero-order valence-electron chi connectivity index (χ0n) is 17.5. The number of fused-ring (bicyclic) bond motifs is 2. The van der Waals surface area contributed by atoms with Gasteiger partial charge in [-0.05, 0) is 50.4 Å². The van der Waals surface area contributed by atoms with Crippen molar-refractivity contribution in [2.24, 2.45) is 5.92 Å². The number of aliphatic hydroxyl groups excluding tert-OH is 1. The maximum absolute atomic E-state index is 13.8. The summed E-state index contributed by atoms with van der Waals surface area (Å²) in [5.74, 6) is -0.365. The standard InChI is InChI=1S/C22H28F3N3O2/c1-4-14(11-29)26-21(30)13-8-17-15-6-5-7-18-20(15)16(9-19(17)27(3)10-13)12(2)28(18)22(23,24)25/h5-7,13-14,17,19,29H,4,8-11H2,1-3H3,(H,26,30). The first-order chi connectivity index (χ1) is 14.2. The monoisotopic (exact) mass is 423 g/mol. The summed E-state index contributed by atoms with van der Waals surface area (Å²) in [5.41, 5.74) is 2.13. The molecule has 0 bridgehead atoms. The number of aromatic nitrogens is 1. The van der Waals surface area contributed by atoms with E-state index in [0.717, 1.165) is 11.1 Å². The molecule has 1 aromatic carbocycles. The highest BCUT2D eigenvalue weighted by atomic mass is 19.4. The van der Waals surface area contributed by atoms with Gasteiger partial charge >= 0.3 is 6.30 Å². The van der Waals surface area contributed by atoms with E-state index in [0.29, 0.717) is 35.8 Å². The lowest BCUT2D eigenvalue weighted by Crippen LogP contribution is -2.52. The highest BCUT2D eigenvalue weighted by molar-refractivity contribution is 5.91. The van der Waals surface area contributed by atoms with Crippen molar-refractivity contribution >= 4 is 16.8 Å². The van der Waals surface area contributed by atoms with E-state index < -0.39 is 6.30 Å². The molecular formula is C22H28F3N3O2. The van der Waals surface area contributed by atoms with Crippen molar-refractivity contribution in [1.82, 2.24) is 14.8 Å². The number of likely N-dealkylation sites (N-methyl/N-ethyl adjacent to an activating group) is 1. The van der Waals surface area contributed by atoms with E-state index in [9.17, 15) is 23.1 Å². The van der Waals surface area contributed by atoms with Gasteiger partial charge in [-0.15, -0.1) is 13.2 Å². The molecular weight excluding hydrogens is 395 g/mol. The highest BCUT2D eigenvalue weighted by Gasteiger charge is 2.44. The molecule has 164 valence electrons. The minimum absolute atomic E-state index is 0.00612. The first kappa shape index (κ1) is 21.2. The van der Waals surface area contributed by atoms with Gasteiger partial charge in [-0.3, -0.25) is 9.36 Å². The molecule has 0 radical (unpaired) electrons. The number of likely N-dealkylation sites (tertiary alicyclic amines) is 1. The van der Waals surface area contributed by atoms with Crippen LogP contribution in [0.15, 0.2) is 18.2 Å². The van der Waals surface area contributed by atoms with Gasteiger partial charge < -0.3 is 15.3 Å². The molecule has 4 unspecified atom stereocenters. The highest BCUT2D eigenvalue weighted by Crippen LogP contribution is 2.47. The molecule has 4 rings (SSSR count). The van der Waals surface area contributed by atoms with E-state index in [-0.39, 0.29) is 47.6 Å². The summed E-state index contributed by atoms with van der Waals surface area (Å²) in [4.78, 5) is 14.9. The molecule has 0 saturated carbocycles. The largest absolute Gasteiger partial charge is 0.489 e. The van der Waals surface area contributed by atoms with Crippen LogP contribution in [0.3, 0.4) is 0 Å². The van der Waals surface area contributed by atoms with Crippen LogP contribution in [0.1, 0.15) is 42.5 Å². The van der Waals surface area contributed by atoms with Crippen LogP contribution in [0.4, 0.5) is 13.2 Å². The summed E-state index contributed by atoms with van der Waals surface area (Å²) < 4.78 is 41.8. The first-order valence-corrected chi connectivity index (χ1v) is 10.5. The minimum atomic E-state index is -4.47. The van der Waals surface area contributed by atoms with Crippen molar-refractivity contribution < 1.29 is 23.1 Å². The lowest BCUT2D eigenvalue weighted by atomic mass is 9.72. The fourth-order valence-electron chi connectivity index (χ4n) is 5.41. The second kappa shape index (κ2) is 7.57. The van der Waals surface area contributed by atoms with E-state index in [4.69, 9.17) is 0 Å². The number of aliphatic hydroxyl groups is 1. The zero-order valence-corrected chi connectivity index (χ0v) is 17.5. The molecule has 2 aromatic rings. The quantitative estimate of drug-likeness (QED) is 0.794. The van der Waals surface area contributed by atoms with Gasteiger partial charge in [-0.25, -0.2) is 0 Å². The van der Waals surface area contributed by atoms with Gasteiger partial charge in [-0.2, -0.15) is 0 Å². The van der Waals surface area contributed by atoms with E-state index in [1.54, 1.807) is 13.0 Å². The van der Waals surface area contributed by atoms with Crippen molar-refractivity contribution in [2.45, 2.75) is 57.4 Å². The number of halogens is 3. The molecule has 1 aliphatic carbocycles. The molecule has 5 nitrogen and oxygen atoms in total. The van der Waals surface area contributed by atoms with Crippen LogP contribution < -0.4 is 5.32 Å². The molecule has 2 aliphatic rings. The van der Waals surface area contributed by atoms with E-state index in [1.165, 1.54) is 6.07 Å². The molecule has 4 atom stereocenters. The van der Waals surface area contributed by atoms with Crippen molar-refractivity contribution in [3.8, 4) is 0 Å². The SMILES string of the molecule is CCC(CO)NC(=O)C1CC2c3cccc4c3c(c(C)n4C(F)(F)F)CC2N(C)C1. The number of hydrogen-bond donors (Lipinski definition) is 2. The number of amides is 1. The Labute approximate surface area is 173 Å². The molecule has 2 heterocycles. The van der Waals surface area contributed by atoms with Gasteiger partial charge in [0.2, 0.25) is 5.91 Å². The minimum Gasteiger partial charge on any atom is -0.394 e. The van der Waals surface area contributed by atoms with E-state index in [1.807, 2.05) is 20.0 Å². The van der Waals surface area contributed by atoms with Crippen LogP contribution in [0.2, 0.25) is 0 Å². The van der Waals surface area contributed by atoms with Crippen LogP contribution in [-0.2, 0) is 17.5 Å². The summed E-state index contributed by atoms with van der Waals surface area (Å²) >= 11 is 0. The second-order valence-corrected chi connectivity index (χ2v) is 8.66. The van der Waals surface area contributed by atoms with E-state index in [2.05, 4.69) is 10.2 Å². The number of carbonyl (C=O) groups excluding carboxylic acids is 1. The maximum atomic E-state index is 13.8. The van der Waals surface area contributed by atoms with Crippen LogP contribution in [0.25, 0.3) is 10.9 Å². The molecule has 8 heteroatoms. The predicted molar refractivity (Wildman–Crippen MR) is 108 cm³/mol. The molecule has 1 saturated heterocycles. The van der Waals surface area contributed by atoms with Crippen molar-refractivity contribution in [3.63, 3.8) is 0 Å². The summed E-state index contributed by atoms with van der Waals surface area (Å²) in [6, 6.07) is 4.93. The van der Waals surface area contributed by atoms with Crippen LogP contribution in [-0.4, -0.2) is 52.8 Å². The van der Waals surface area contributed by atoms with Gasteiger partial charge in [0.1, 0.15) is 0 Å². The number of nitrogens with one attached hydrogen (secondary N) is 1. The summed E-state index contributed by atoms with van der Waals surface area (Å²) in [6.07, 6.45) is -2.68. The number of alkyl halides is 3. The maximum Gasteiger partial charge on any atom is 0.489 e. The summed E-state index contributed by atoms with van der Waals surface area (Å²) in [7, 11) is 1.95. The molecule has 1 aliphatic heterocycles. The third-order valence-electron chi connectivity index (χ3n) is 6.96. The number of rotatable bonds is 4. The fraction of sp³-hybridized carbons (Fsp3) is 0.591. The van der Waals surface area contributed by atoms with Gasteiger partial charge in [-0.1, -0.05) is 19.1 Å². The number of benzene rings is 1. The van der Waals surface area contributed by atoms with E-state index >= 15 is 0 Å². The molecule has 2 N–H and O–H groups in total. The van der Waals surface area contributed by atoms with Gasteiger partial charge in [0.05, 0.1) is 24.1 Å². The van der Waals surface area contributed by atoms with Gasteiger partial charge in [0.25, 0.3) is 0 Å².